The molecule has 13 heavy (non-hydrogen) atoms. The monoisotopic (exact) mass is 178 g/mol. The minimum atomic E-state index is -0.839. The third-order valence-electron chi connectivity index (χ3n) is 2.10. The second-order valence-corrected chi connectivity index (χ2v) is 2.92. The number of carbonyl (C=O) groups is 1. The summed E-state index contributed by atoms with van der Waals surface area (Å²) in [5.74, 6) is -0.839. The molecular formula is C9H10N2O2. The predicted octanol–water partition coefficient (Wildman–Crippen LogP) is 0.785. The second kappa shape index (κ2) is 3.06. The van der Waals surface area contributed by atoms with Gasteiger partial charge in [-0.15, -0.1) is 0 Å². The first-order valence-corrected chi connectivity index (χ1v) is 4.08. The van der Waals surface area contributed by atoms with Crippen molar-refractivity contribution in [1.29, 1.82) is 0 Å². The average Bonchev–Trinajstić information content (AvgIpc) is 2.17. The summed E-state index contributed by atoms with van der Waals surface area (Å²) in [6.07, 6.45) is 0. The normalized spacial score (nSPS) is 20.2. The van der Waals surface area contributed by atoms with Gasteiger partial charge in [-0.1, -0.05) is 18.2 Å². The number of rotatable bonds is 1. The third-order valence-corrected chi connectivity index (χ3v) is 2.10. The van der Waals surface area contributed by atoms with Crippen LogP contribution in [-0.4, -0.2) is 17.7 Å². The molecular weight excluding hydrogens is 168 g/mol. The SMILES string of the molecule is O=C(O)C1NCNc2ccccc21. The highest BCUT2D eigenvalue weighted by Gasteiger charge is 2.24. The van der Waals surface area contributed by atoms with Crippen molar-refractivity contribution >= 4 is 11.7 Å². The zero-order valence-electron chi connectivity index (χ0n) is 6.95. The Morgan fingerprint density at radius 1 is 1.46 bits per heavy atom. The van der Waals surface area contributed by atoms with Crippen molar-refractivity contribution in [2.75, 3.05) is 12.0 Å². The fourth-order valence-corrected chi connectivity index (χ4v) is 1.49. The van der Waals surface area contributed by atoms with Crippen LogP contribution in [0.2, 0.25) is 0 Å². The number of carboxylic acids is 1. The average molecular weight is 178 g/mol. The zero-order valence-corrected chi connectivity index (χ0v) is 6.95. The van der Waals surface area contributed by atoms with Gasteiger partial charge in [0.15, 0.2) is 0 Å². The number of aliphatic carboxylic acids is 1. The first kappa shape index (κ1) is 8.07. The number of nitrogens with one attached hydrogen (secondary N) is 2. The molecule has 1 aromatic rings. The maximum absolute atomic E-state index is 10.8. The second-order valence-electron chi connectivity index (χ2n) is 2.92. The van der Waals surface area contributed by atoms with E-state index in [1.807, 2.05) is 24.3 Å². The highest BCUT2D eigenvalue weighted by atomic mass is 16.4. The van der Waals surface area contributed by atoms with Crippen LogP contribution in [-0.2, 0) is 4.79 Å². The van der Waals surface area contributed by atoms with Crippen LogP contribution >= 0.6 is 0 Å². The smallest absolute Gasteiger partial charge is 0.325 e. The fraction of sp³-hybridized carbons (Fsp3) is 0.222. The summed E-state index contributed by atoms with van der Waals surface area (Å²) in [5, 5.41) is 14.8. The van der Waals surface area contributed by atoms with Gasteiger partial charge in [-0.25, -0.2) is 0 Å². The van der Waals surface area contributed by atoms with Crippen molar-refractivity contribution in [2.24, 2.45) is 0 Å². The van der Waals surface area contributed by atoms with Crippen molar-refractivity contribution in [3.8, 4) is 0 Å². The summed E-state index contributed by atoms with van der Waals surface area (Å²) >= 11 is 0. The standard InChI is InChI=1S/C9H10N2O2/c12-9(13)8-6-3-1-2-4-7(6)10-5-11-8/h1-4,8,10-11H,5H2,(H,12,13). The Morgan fingerprint density at radius 2 is 2.23 bits per heavy atom. The highest BCUT2D eigenvalue weighted by molar-refractivity contribution is 5.79. The molecule has 0 amide bonds. The fourth-order valence-electron chi connectivity index (χ4n) is 1.49. The Bertz CT molecular complexity index is 338. The maximum Gasteiger partial charge on any atom is 0.325 e. The molecule has 0 saturated heterocycles. The summed E-state index contributed by atoms with van der Waals surface area (Å²) in [6, 6.07) is 6.83. The summed E-state index contributed by atoms with van der Waals surface area (Å²) in [4.78, 5) is 10.8. The molecule has 0 spiro atoms. The van der Waals surface area contributed by atoms with E-state index in [1.54, 1.807) is 0 Å². The molecule has 1 aliphatic heterocycles. The molecule has 3 N–H and O–H groups in total. The Kier molecular flexibility index (Phi) is 1.90. The van der Waals surface area contributed by atoms with Crippen molar-refractivity contribution < 1.29 is 9.90 Å². The molecule has 1 unspecified atom stereocenters. The topological polar surface area (TPSA) is 61.4 Å². The van der Waals surface area contributed by atoms with Crippen LogP contribution in [0.25, 0.3) is 0 Å². The van der Waals surface area contributed by atoms with Crippen LogP contribution in [0.5, 0.6) is 0 Å². The molecule has 68 valence electrons. The third kappa shape index (κ3) is 1.36. The number of carboxylic acid groups (broad SMARTS) is 1. The van der Waals surface area contributed by atoms with Gasteiger partial charge in [0.05, 0.1) is 6.67 Å². The van der Waals surface area contributed by atoms with E-state index in [0.29, 0.717) is 6.67 Å². The van der Waals surface area contributed by atoms with E-state index in [1.165, 1.54) is 0 Å². The summed E-state index contributed by atoms with van der Waals surface area (Å²) in [5.41, 5.74) is 1.69. The van der Waals surface area contributed by atoms with Crippen molar-refractivity contribution in [1.82, 2.24) is 5.32 Å². The van der Waals surface area contributed by atoms with E-state index in [-0.39, 0.29) is 0 Å². The molecule has 1 heterocycles. The minimum absolute atomic E-state index is 0.494. The molecule has 0 radical (unpaired) electrons. The molecule has 0 saturated carbocycles. The van der Waals surface area contributed by atoms with E-state index in [4.69, 9.17) is 5.11 Å². The Labute approximate surface area is 75.6 Å². The van der Waals surface area contributed by atoms with Gasteiger partial charge in [-0.2, -0.15) is 0 Å². The van der Waals surface area contributed by atoms with Crippen LogP contribution in [0.1, 0.15) is 11.6 Å². The van der Waals surface area contributed by atoms with Crippen molar-refractivity contribution in [3.05, 3.63) is 29.8 Å². The molecule has 0 fully saturated rings. The Hall–Kier alpha value is -1.55. The molecule has 0 aromatic heterocycles. The summed E-state index contributed by atoms with van der Waals surface area (Å²) in [7, 11) is 0. The molecule has 2 rings (SSSR count). The van der Waals surface area contributed by atoms with Gasteiger partial charge in [0.25, 0.3) is 0 Å². The van der Waals surface area contributed by atoms with Gasteiger partial charge in [-0.3, -0.25) is 10.1 Å². The minimum Gasteiger partial charge on any atom is -0.480 e. The number of para-hydroxylation sites is 1. The van der Waals surface area contributed by atoms with Crippen LogP contribution in [0, 0.1) is 0 Å². The lowest BCUT2D eigenvalue weighted by Crippen LogP contribution is -2.37. The van der Waals surface area contributed by atoms with Gasteiger partial charge in [0.2, 0.25) is 0 Å². The quantitative estimate of drug-likeness (QED) is 0.595. The number of hydrogen-bond acceptors (Lipinski definition) is 3. The van der Waals surface area contributed by atoms with E-state index < -0.39 is 12.0 Å². The van der Waals surface area contributed by atoms with Gasteiger partial charge in [0, 0.05) is 11.3 Å². The lowest BCUT2D eigenvalue weighted by molar-refractivity contribution is -0.139. The first-order valence-electron chi connectivity index (χ1n) is 4.08. The van der Waals surface area contributed by atoms with Crippen LogP contribution in [0.4, 0.5) is 5.69 Å². The summed E-state index contributed by atoms with van der Waals surface area (Å²) < 4.78 is 0. The number of hydrogen-bond donors (Lipinski definition) is 3. The van der Waals surface area contributed by atoms with Gasteiger partial charge < -0.3 is 10.4 Å². The zero-order chi connectivity index (χ0) is 9.26. The molecule has 4 heteroatoms. The molecule has 4 nitrogen and oxygen atoms in total. The first-order chi connectivity index (χ1) is 6.29. The molecule has 1 aliphatic rings. The molecule has 1 aromatic carbocycles. The number of benzene rings is 1. The lowest BCUT2D eigenvalue weighted by Gasteiger charge is -2.24. The van der Waals surface area contributed by atoms with Gasteiger partial charge in [-0.05, 0) is 6.07 Å². The number of fused-ring (bicyclic) bond motifs is 1. The summed E-state index contributed by atoms with van der Waals surface area (Å²) in [6.45, 7) is 0.494. The predicted molar refractivity (Wildman–Crippen MR) is 48.4 cm³/mol. The molecule has 0 aliphatic carbocycles. The van der Waals surface area contributed by atoms with Gasteiger partial charge >= 0.3 is 5.97 Å². The molecule has 0 bridgehead atoms. The molecule has 1 atom stereocenters. The van der Waals surface area contributed by atoms with Gasteiger partial charge in [0.1, 0.15) is 6.04 Å². The van der Waals surface area contributed by atoms with Crippen molar-refractivity contribution in [3.63, 3.8) is 0 Å². The van der Waals surface area contributed by atoms with E-state index in [0.717, 1.165) is 11.3 Å². The van der Waals surface area contributed by atoms with E-state index >= 15 is 0 Å². The van der Waals surface area contributed by atoms with E-state index in [2.05, 4.69) is 10.6 Å². The largest absolute Gasteiger partial charge is 0.480 e. The Balaban J connectivity index is 2.42. The highest BCUT2D eigenvalue weighted by Crippen LogP contribution is 2.25. The number of anilines is 1. The maximum atomic E-state index is 10.8. The van der Waals surface area contributed by atoms with Crippen LogP contribution in [0.3, 0.4) is 0 Å². The Morgan fingerprint density at radius 3 is 3.00 bits per heavy atom. The lowest BCUT2D eigenvalue weighted by atomic mass is 10.0. The van der Waals surface area contributed by atoms with E-state index in [9.17, 15) is 4.79 Å². The van der Waals surface area contributed by atoms with Crippen molar-refractivity contribution in [2.45, 2.75) is 6.04 Å². The van der Waals surface area contributed by atoms with Crippen LogP contribution < -0.4 is 10.6 Å². The van der Waals surface area contributed by atoms with Crippen LogP contribution in [0.15, 0.2) is 24.3 Å².